The number of hydrogen-bond donors (Lipinski definition) is 0. The van der Waals surface area contributed by atoms with Crippen LogP contribution in [0.4, 0.5) is 4.39 Å². The quantitative estimate of drug-likeness (QED) is 0.621. The van der Waals surface area contributed by atoms with Crippen molar-refractivity contribution in [2.24, 2.45) is 35.5 Å². The lowest BCUT2D eigenvalue weighted by Crippen LogP contribution is -2.40. The summed E-state index contributed by atoms with van der Waals surface area (Å²) in [7, 11) is 0. The van der Waals surface area contributed by atoms with Crippen LogP contribution in [0.1, 0.15) is 12.0 Å². The molecular weight excluding hydrogens is 281 g/mol. The van der Waals surface area contributed by atoms with Crippen LogP contribution < -0.4 is 0 Å². The molecule has 4 heteroatoms. The van der Waals surface area contributed by atoms with Crippen LogP contribution in [0.2, 0.25) is 0 Å². The molecule has 0 spiro atoms. The van der Waals surface area contributed by atoms with Gasteiger partial charge in [0.25, 0.3) is 0 Å². The Morgan fingerprint density at radius 2 is 1.50 bits per heavy atom. The van der Waals surface area contributed by atoms with Gasteiger partial charge in [-0.2, -0.15) is 0 Å². The summed E-state index contributed by atoms with van der Waals surface area (Å²) in [5.74, 6) is 1.12. The zero-order valence-corrected chi connectivity index (χ0v) is 12.0. The van der Waals surface area contributed by atoms with Gasteiger partial charge < -0.3 is 0 Å². The van der Waals surface area contributed by atoms with Crippen molar-refractivity contribution in [1.82, 2.24) is 4.90 Å². The average molecular weight is 297 g/mol. The van der Waals surface area contributed by atoms with Crippen molar-refractivity contribution in [3.8, 4) is 0 Å². The van der Waals surface area contributed by atoms with Gasteiger partial charge in [-0.05, 0) is 47.8 Å². The summed E-state index contributed by atoms with van der Waals surface area (Å²) in [5, 5.41) is 0. The number of likely N-dealkylation sites (tertiary alicyclic amines) is 1. The summed E-state index contributed by atoms with van der Waals surface area (Å²) in [6.07, 6.45) is 5.52. The third-order valence-electron chi connectivity index (χ3n) is 6.01. The maximum atomic E-state index is 13.0. The first kappa shape index (κ1) is 12.6. The van der Waals surface area contributed by atoms with Gasteiger partial charge in [-0.3, -0.25) is 14.5 Å². The molecule has 2 saturated carbocycles. The Kier molecular flexibility index (Phi) is 2.32. The van der Waals surface area contributed by atoms with Crippen LogP contribution in [0, 0.1) is 41.3 Å². The second-order valence-corrected chi connectivity index (χ2v) is 7.04. The van der Waals surface area contributed by atoms with E-state index in [4.69, 9.17) is 0 Å². The Bertz CT molecular complexity index is 674. The predicted molar refractivity (Wildman–Crippen MR) is 76.7 cm³/mol. The molecule has 1 heterocycles. The smallest absolute Gasteiger partial charge is 0.234 e. The monoisotopic (exact) mass is 297 g/mol. The first-order valence-corrected chi connectivity index (χ1v) is 7.93. The van der Waals surface area contributed by atoms with Crippen molar-refractivity contribution >= 4 is 11.8 Å². The minimum absolute atomic E-state index is 0.0241. The minimum atomic E-state index is -0.307. The second-order valence-electron chi connectivity index (χ2n) is 7.04. The molecule has 4 aliphatic carbocycles. The number of imide groups is 1. The number of carbonyl (C=O) groups is 2. The van der Waals surface area contributed by atoms with E-state index in [0.29, 0.717) is 11.8 Å². The van der Waals surface area contributed by atoms with Crippen molar-refractivity contribution < 1.29 is 14.0 Å². The van der Waals surface area contributed by atoms with E-state index in [2.05, 4.69) is 12.2 Å². The Balaban J connectivity index is 1.46. The van der Waals surface area contributed by atoms with E-state index in [1.54, 1.807) is 12.1 Å². The molecule has 2 amide bonds. The third kappa shape index (κ3) is 1.50. The lowest BCUT2D eigenvalue weighted by Gasteiger charge is -2.37. The fourth-order valence-electron chi connectivity index (χ4n) is 4.95. The van der Waals surface area contributed by atoms with E-state index in [1.807, 2.05) is 0 Å². The molecule has 22 heavy (non-hydrogen) atoms. The fraction of sp³-hybridized carbons (Fsp3) is 0.444. The number of nitrogens with zero attached hydrogens (tertiary/aromatic N) is 1. The highest BCUT2D eigenvalue weighted by atomic mass is 19.1. The van der Waals surface area contributed by atoms with Crippen LogP contribution in [-0.2, 0) is 16.1 Å². The van der Waals surface area contributed by atoms with Crippen LogP contribution in [0.25, 0.3) is 0 Å². The summed E-state index contributed by atoms with van der Waals surface area (Å²) < 4.78 is 13.0. The minimum Gasteiger partial charge on any atom is -0.278 e. The van der Waals surface area contributed by atoms with Crippen LogP contribution in [0.3, 0.4) is 0 Å². The number of carbonyl (C=O) groups excluding carboxylic acids is 2. The van der Waals surface area contributed by atoms with Crippen LogP contribution in [-0.4, -0.2) is 16.7 Å². The summed E-state index contributed by atoms with van der Waals surface area (Å²) in [6.45, 7) is 0.264. The Morgan fingerprint density at radius 1 is 0.955 bits per heavy atom. The molecule has 1 aliphatic heterocycles. The zero-order chi connectivity index (χ0) is 15.0. The molecule has 0 aromatic heterocycles. The molecule has 0 N–H and O–H groups in total. The van der Waals surface area contributed by atoms with E-state index in [1.165, 1.54) is 23.5 Å². The molecule has 6 atom stereocenters. The molecule has 0 unspecified atom stereocenters. The van der Waals surface area contributed by atoms with E-state index in [9.17, 15) is 14.0 Å². The van der Waals surface area contributed by atoms with Gasteiger partial charge >= 0.3 is 0 Å². The number of rotatable bonds is 2. The number of amides is 2. The van der Waals surface area contributed by atoms with E-state index in [-0.39, 0.29) is 47.8 Å². The highest BCUT2D eigenvalue weighted by Gasteiger charge is 2.66. The topological polar surface area (TPSA) is 37.4 Å². The third-order valence-corrected chi connectivity index (χ3v) is 6.01. The highest BCUT2D eigenvalue weighted by Crippen LogP contribution is 2.65. The summed E-state index contributed by atoms with van der Waals surface area (Å²) >= 11 is 0. The van der Waals surface area contributed by atoms with Gasteiger partial charge in [-0.15, -0.1) is 0 Å². The SMILES string of the molecule is O=C1[C@@H]2[C@H]3C=C[C@H]([C@H]4C[C@H]34)[C@@H]2C(=O)N1Cc1ccc(F)cc1. The van der Waals surface area contributed by atoms with E-state index < -0.39 is 0 Å². The van der Waals surface area contributed by atoms with Gasteiger partial charge in [-0.1, -0.05) is 24.3 Å². The van der Waals surface area contributed by atoms with Gasteiger partial charge in [0.05, 0.1) is 18.4 Å². The number of allylic oxidation sites excluding steroid dienone is 2. The maximum absolute atomic E-state index is 13.0. The van der Waals surface area contributed by atoms with Crippen molar-refractivity contribution in [3.63, 3.8) is 0 Å². The molecular formula is C18H16FNO2. The Morgan fingerprint density at radius 3 is 2.05 bits per heavy atom. The molecule has 2 bridgehead atoms. The zero-order valence-electron chi connectivity index (χ0n) is 12.0. The summed E-state index contributed by atoms with van der Waals surface area (Å²) in [4.78, 5) is 26.9. The van der Waals surface area contributed by atoms with E-state index >= 15 is 0 Å². The van der Waals surface area contributed by atoms with Crippen molar-refractivity contribution in [3.05, 3.63) is 47.8 Å². The molecule has 3 fully saturated rings. The summed E-state index contributed by atoms with van der Waals surface area (Å²) in [5.41, 5.74) is 0.798. The van der Waals surface area contributed by atoms with Gasteiger partial charge in [-0.25, -0.2) is 4.39 Å². The Labute approximate surface area is 127 Å². The second kappa shape index (κ2) is 4.06. The first-order valence-electron chi connectivity index (χ1n) is 7.93. The normalized spacial score (nSPS) is 40.9. The van der Waals surface area contributed by atoms with Crippen molar-refractivity contribution in [2.75, 3.05) is 0 Å². The van der Waals surface area contributed by atoms with Crippen LogP contribution in [0.15, 0.2) is 36.4 Å². The highest BCUT2D eigenvalue weighted by molar-refractivity contribution is 6.06. The number of benzene rings is 1. The van der Waals surface area contributed by atoms with Gasteiger partial charge in [0, 0.05) is 0 Å². The summed E-state index contributed by atoms with van der Waals surface area (Å²) in [6, 6.07) is 6.02. The Hall–Kier alpha value is -1.97. The average Bonchev–Trinajstić information content (AvgIpc) is 3.30. The van der Waals surface area contributed by atoms with Crippen LogP contribution in [0.5, 0.6) is 0 Å². The molecule has 1 aromatic rings. The van der Waals surface area contributed by atoms with Crippen molar-refractivity contribution in [2.45, 2.75) is 13.0 Å². The van der Waals surface area contributed by atoms with Crippen molar-refractivity contribution in [1.29, 1.82) is 0 Å². The van der Waals surface area contributed by atoms with Gasteiger partial charge in [0.2, 0.25) is 11.8 Å². The molecule has 0 radical (unpaired) electrons. The molecule has 1 aromatic carbocycles. The lowest BCUT2D eigenvalue weighted by atomic mass is 9.63. The molecule has 3 nitrogen and oxygen atoms in total. The maximum Gasteiger partial charge on any atom is 0.234 e. The largest absolute Gasteiger partial charge is 0.278 e. The lowest BCUT2D eigenvalue weighted by molar-refractivity contribution is -0.140. The van der Waals surface area contributed by atoms with Gasteiger partial charge in [0.1, 0.15) is 5.82 Å². The van der Waals surface area contributed by atoms with Crippen LogP contribution >= 0.6 is 0 Å². The molecule has 1 saturated heterocycles. The first-order chi connectivity index (χ1) is 10.6. The van der Waals surface area contributed by atoms with E-state index in [0.717, 1.165) is 5.56 Å². The number of halogens is 1. The fourth-order valence-corrected chi connectivity index (χ4v) is 4.95. The number of hydrogen-bond acceptors (Lipinski definition) is 2. The van der Waals surface area contributed by atoms with Gasteiger partial charge in [0.15, 0.2) is 0 Å². The molecule has 6 rings (SSSR count). The molecule has 112 valence electrons. The molecule has 5 aliphatic rings. The predicted octanol–water partition coefficient (Wildman–Crippen LogP) is 2.38. The standard InChI is InChI=1S/C18H16FNO2/c19-10-3-1-9(2-4-10)8-20-17(21)15-11-5-6-12(14-7-13(11)14)16(15)18(20)22/h1-6,11-16H,7-8H2/t11-,12+,13-,14-,15+,16-/m1/s1.